The van der Waals surface area contributed by atoms with Crippen molar-refractivity contribution in [2.24, 2.45) is 0 Å². The van der Waals surface area contributed by atoms with Crippen molar-refractivity contribution in [3.8, 4) is 0 Å². The summed E-state index contributed by atoms with van der Waals surface area (Å²) in [7, 11) is 0. The molecule has 0 atom stereocenters. The maximum absolute atomic E-state index is 13.3. The molecule has 0 fully saturated rings. The van der Waals surface area contributed by atoms with Gasteiger partial charge < -0.3 is 0 Å². The van der Waals surface area contributed by atoms with Gasteiger partial charge in [0.05, 0.1) is 3.79 Å². The fourth-order valence-corrected chi connectivity index (χ4v) is 3.65. The van der Waals surface area contributed by atoms with Gasteiger partial charge in [-0.25, -0.2) is 8.78 Å². The highest BCUT2D eigenvalue weighted by Gasteiger charge is 2.05. The average molecular weight is 321 g/mol. The summed E-state index contributed by atoms with van der Waals surface area (Å²) < 4.78 is 27.2. The molecule has 0 radical (unpaired) electrons. The summed E-state index contributed by atoms with van der Waals surface area (Å²) in [6.07, 6.45) is 0. The number of halogens is 3. The van der Waals surface area contributed by atoms with Crippen LogP contribution in [0.25, 0.3) is 0 Å². The summed E-state index contributed by atoms with van der Waals surface area (Å²) in [5, 5.41) is 0. The average Bonchev–Trinajstić information content (AvgIpc) is 2.66. The first-order valence-corrected chi connectivity index (χ1v) is 7.07. The second kappa shape index (κ2) is 5.29. The Morgan fingerprint density at radius 3 is 2.69 bits per heavy atom. The fraction of sp³-hybridized carbons (Fsp3) is 0.0909. The van der Waals surface area contributed by atoms with E-state index in [4.69, 9.17) is 0 Å². The van der Waals surface area contributed by atoms with Gasteiger partial charge in [0, 0.05) is 15.5 Å². The van der Waals surface area contributed by atoms with Crippen LogP contribution < -0.4 is 0 Å². The third kappa shape index (κ3) is 3.06. The molecule has 0 aliphatic carbocycles. The Bertz CT molecular complexity index is 496. The highest BCUT2D eigenvalue weighted by atomic mass is 79.9. The summed E-state index contributed by atoms with van der Waals surface area (Å²) in [6, 6.07) is 7.42. The molecule has 1 aromatic heterocycles. The smallest absolute Gasteiger partial charge is 0.136 e. The molecule has 1 aromatic carbocycles. The van der Waals surface area contributed by atoms with Gasteiger partial charge in [-0.15, -0.1) is 23.1 Å². The minimum Gasteiger partial charge on any atom is -0.207 e. The van der Waals surface area contributed by atoms with Gasteiger partial charge >= 0.3 is 0 Å². The van der Waals surface area contributed by atoms with Crippen molar-refractivity contribution in [3.63, 3.8) is 0 Å². The quantitative estimate of drug-likeness (QED) is 0.710. The molecule has 2 aromatic rings. The van der Waals surface area contributed by atoms with E-state index in [2.05, 4.69) is 15.9 Å². The van der Waals surface area contributed by atoms with Crippen LogP contribution in [-0.4, -0.2) is 0 Å². The van der Waals surface area contributed by atoms with Gasteiger partial charge in [0.25, 0.3) is 0 Å². The lowest BCUT2D eigenvalue weighted by molar-refractivity contribution is 0.577. The minimum atomic E-state index is -0.406. The van der Waals surface area contributed by atoms with Crippen LogP contribution in [0.4, 0.5) is 8.78 Å². The Morgan fingerprint density at radius 2 is 2.00 bits per heavy atom. The van der Waals surface area contributed by atoms with E-state index in [1.165, 1.54) is 17.8 Å². The number of hydrogen-bond donors (Lipinski definition) is 0. The Labute approximate surface area is 109 Å². The first-order valence-electron chi connectivity index (χ1n) is 4.47. The first kappa shape index (κ1) is 12.1. The summed E-state index contributed by atoms with van der Waals surface area (Å²) in [6.45, 7) is 0. The lowest BCUT2D eigenvalue weighted by Crippen LogP contribution is -1.84. The van der Waals surface area contributed by atoms with E-state index >= 15 is 0 Å². The van der Waals surface area contributed by atoms with Crippen molar-refractivity contribution in [3.05, 3.63) is 50.6 Å². The monoisotopic (exact) mass is 320 g/mol. The van der Waals surface area contributed by atoms with Crippen LogP contribution in [0, 0.1) is 11.6 Å². The summed E-state index contributed by atoms with van der Waals surface area (Å²) >= 11 is 6.26. The molecule has 5 heteroatoms. The van der Waals surface area contributed by atoms with E-state index in [1.54, 1.807) is 11.3 Å². The number of rotatable bonds is 3. The normalized spacial score (nSPS) is 10.7. The van der Waals surface area contributed by atoms with Crippen LogP contribution in [0.3, 0.4) is 0 Å². The zero-order valence-corrected chi connectivity index (χ0v) is 11.3. The van der Waals surface area contributed by atoms with Crippen LogP contribution in [-0.2, 0) is 5.75 Å². The molecule has 0 aliphatic heterocycles. The Balaban J connectivity index is 2.07. The van der Waals surface area contributed by atoms with E-state index in [-0.39, 0.29) is 5.82 Å². The SMILES string of the molecule is Fc1ccc(F)c(SCc2ccc(Br)s2)c1. The third-order valence-corrected chi connectivity index (χ3v) is 4.78. The zero-order valence-electron chi connectivity index (χ0n) is 8.04. The molecule has 0 amide bonds. The van der Waals surface area contributed by atoms with Crippen LogP contribution in [0.2, 0.25) is 0 Å². The molecule has 2 rings (SSSR count). The molecule has 16 heavy (non-hydrogen) atoms. The highest BCUT2D eigenvalue weighted by Crippen LogP contribution is 2.30. The molecule has 0 nitrogen and oxygen atoms in total. The lowest BCUT2D eigenvalue weighted by atomic mass is 10.3. The van der Waals surface area contributed by atoms with E-state index < -0.39 is 5.82 Å². The molecule has 0 saturated heterocycles. The van der Waals surface area contributed by atoms with E-state index in [1.807, 2.05) is 12.1 Å². The Hall–Kier alpha value is -0.390. The van der Waals surface area contributed by atoms with E-state index in [0.717, 1.165) is 20.8 Å². The minimum absolute atomic E-state index is 0.351. The Morgan fingerprint density at radius 1 is 1.19 bits per heavy atom. The molecule has 0 unspecified atom stereocenters. The molecule has 1 heterocycles. The molecule has 84 valence electrons. The summed E-state index contributed by atoms with van der Waals surface area (Å²) in [4.78, 5) is 1.48. The molecular formula is C11H7BrF2S2. The van der Waals surface area contributed by atoms with Crippen molar-refractivity contribution in [1.82, 2.24) is 0 Å². The maximum Gasteiger partial charge on any atom is 0.136 e. The van der Waals surface area contributed by atoms with Crippen molar-refractivity contribution >= 4 is 39.0 Å². The number of thioether (sulfide) groups is 1. The van der Waals surface area contributed by atoms with Crippen LogP contribution in [0.15, 0.2) is 39.0 Å². The van der Waals surface area contributed by atoms with Crippen molar-refractivity contribution in [1.29, 1.82) is 0 Å². The second-order valence-electron chi connectivity index (χ2n) is 3.07. The second-order valence-corrected chi connectivity index (χ2v) is 6.63. The van der Waals surface area contributed by atoms with Crippen molar-refractivity contribution in [2.45, 2.75) is 10.6 Å². The largest absolute Gasteiger partial charge is 0.207 e. The van der Waals surface area contributed by atoms with Gasteiger partial charge in [-0.2, -0.15) is 0 Å². The van der Waals surface area contributed by atoms with Crippen molar-refractivity contribution in [2.75, 3.05) is 0 Å². The first-order chi connectivity index (χ1) is 7.65. The maximum atomic E-state index is 13.3. The fourth-order valence-electron chi connectivity index (χ4n) is 1.17. The Kier molecular flexibility index (Phi) is 4.00. The van der Waals surface area contributed by atoms with E-state index in [0.29, 0.717) is 10.6 Å². The van der Waals surface area contributed by atoms with Crippen LogP contribution in [0.1, 0.15) is 4.88 Å². The van der Waals surface area contributed by atoms with Crippen molar-refractivity contribution < 1.29 is 8.78 Å². The summed E-state index contributed by atoms with van der Waals surface area (Å²) in [5.74, 6) is -0.130. The van der Waals surface area contributed by atoms with Gasteiger partial charge in [-0.05, 0) is 46.3 Å². The standard InChI is InChI=1S/C11H7BrF2S2/c12-11-4-2-8(16-11)6-15-10-5-7(13)1-3-9(10)14/h1-5H,6H2. The van der Waals surface area contributed by atoms with Gasteiger partial charge in [0.2, 0.25) is 0 Å². The van der Waals surface area contributed by atoms with Gasteiger partial charge in [0.15, 0.2) is 0 Å². The van der Waals surface area contributed by atoms with Gasteiger partial charge in [-0.1, -0.05) is 0 Å². The summed E-state index contributed by atoms with van der Waals surface area (Å²) in [5.41, 5.74) is 0. The molecule has 0 bridgehead atoms. The van der Waals surface area contributed by atoms with Crippen LogP contribution >= 0.6 is 39.0 Å². The zero-order chi connectivity index (χ0) is 11.5. The third-order valence-electron chi connectivity index (χ3n) is 1.89. The topological polar surface area (TPSA) is 0 Å². The molecular weight excluding hydrogens is 314 g/mol. The highest BCUT2D eigenvalue weighted by molar-refractivity contribution is 9.11. The van der Waals surface area contributed by atoms with Crippen LogP contribution in [0.5, 0.6) is 0 Å². The number of thiophene rings is 1. The van der Waals surface area contributed by atoms with E-state index in [9.17, 15) is 8.78 Å². The molecule has 0 N–H and O–H groups in total. The predicted octanol–water partition coefficient (Wildman–Crippen LogP) is 5.08. The number of benzene rings is 1. The number of hydrogen-bond acceptors (Lipinski definition) is 2. The molecule has 0 saturated carbocycles. The molecule has 0 spiro atoms. The van der Waals surface area contributed by atoms with Gasteiger partial charge in [-0.3, -0.25) is 0 Å². The lowest BCUT2D eigenvalue weighted by Gasteiger charge is -2.01. The predicted molar refractivity (Wildman–Crippen MR) is 67.9 cm³/mol. The van der Waals surface area contributed by atoms with Gasteiger partial charge in [0.1, 0.15) is 11.6 Å². The molecule has 0 aliphatic rings.